The highest BCUT2D eigenvalue weighted by Gasteiger charge is 2.39. The minimum atomic E-state index is -0.605. The second-order valence-corrected chi connectivity index (χ2v) is 10.8. The fraction of sp³-hybridized carbons (Fsp3) is 0.414. The Kier molecular flexibility index (Phi) is 8.84. The number of carbonyl (C=O) groups excluding carboxylic acids is 3. The molecule has 2 aliphatic rings. The van der Waals surface area contributed by atoms with Gasteiger partial charge in [0.25, 0.3) is 5.91 Å². The summed E-state index contributed by atoms with van der Waals surface area (Å²) in [5.74, 6) is -0.0608. The monoisotopic (exact) mass is 521 g/mol. The summed E-state index contributed by atoms with van der Waals surface area (Å²) < 4.78 is 0. The minimum absolute atomic E-state index is 0.141. The van der Waals surface area contributed by atoms with Crippen molar-refractivity contribution in [1.29, 1.82) is 0 Å². The molecule has 1 saturated heterocycles. The van der Waals surface area contributed by atoms with E-state index >= 15 is 0 Å². The Bertz CT molecular complexity index is 1170. The van der Waals surface area contributed by atoms with Crippen molar-refractivity contribution in [2.45, 2.75) is 74.3 Å². The number of piperidine rings is 1. The molecule has 0 bridgehead atoms. The molecule has 4 rings (SSSR count). The fourth-order valence-electron chi connectivity index (χ4n) is 5.10. The number of aliphatic hydroxyl groups is 1. The van der Waals surface area contributed by atoms with Gasteiger partial charge in [0.15, 0.2) is 0 Å². The molecule has 2 heterocycles. The zero-order chi connectivity index (χ0) is 26.4. The average Bonchev–Trinajstić information content (AvgIpc) is 3.23. The largest absolute Gasteiger partial charge is 0.396 e. The number of imide groups is 1. The lowest BCUT2D eigenvalue weighted by Crippen LogP contribution is -2.52. The van der Waals surface area contributed by atoms with Crippen LogP contribution in [0.15, 0.2) is 60.0 Å². The van der Waals surface area contributed by atoms with Crippen LogP contribution in [0, 0.1) is 0 Å². The number of amides is 3. The summed E-state index contributed by atoms with van der Waals surface area (Å²) in [6.45, 7) is 7.25. The van der Waals surface area contributed by atoms with Crippen LogP contribution < -0.4 is 10.6 Å². The van der Waals surface area contributed by atoms with Crippen molar-refractivity contribution in [3.05, 3.63) is 77.4 Å². The zero-order valence-electron chi connectivity index (χ0n) is 21.3. The Morgan fingerprint density at radius 2 is 1.95 bits per heavy atom. The first-order chi connectivity index (χ1) is 17.9. The third-order valence-electron chi connectivity index (χ3n) is 7.43. The molecule has 8 heteroatoms. The summed E-state index contributed by atoms with van der Waals surface area (Å²) in [4.78, 5) is 39.5. The molecule has 2 aromatic carbocycles. The van der Waals surface area contributed by atoms with Crippen molar-refractivity contribution in [2.24, 2.45) is 0 Å². The standard InChI is InChI=1S/C29H35N3O4S/c1-3-14-29(4-2,15-16-33)30-17-20-8-10-21(11-9-20)19-37-25-7-5-6-22-23(25)18-32(28(22)36)24-12-13-26(34)31-27(24)35/h3,5-11,24,30,33H,1,4,12-19H2,2H3,(H,31,34,35). The minimum Gasteiger partial charge on any atom is -0.396 e. The van der Waals surface area contributed by atoms with Gasteiger partial charge in [-0.2, -0.15) is 0 Å². The van der Waals surface area contributed by atoms with E-state index in [0.29, 0.717) is 24.9 Å². The molecule has 1 fully saturated rings. The maximum Gasteiger partial charge on any atom is 0.255 e. The first kappa shape index (κ1) is 27.1. The summed E-state index contributed by atoms with van der Waals surface area (Å²) in [6, 6.07) is 13.6. The third-order valence-corrected chi connectivity index (χ3v) is 8.60. The molecular weight excluding hydrogens is 486 g/mol. The molecule has 3 N–H and O–H groups in total. The van der Waals surface area contributed by atoms with Gasteiger partial charge in [-0.05, 0) is 54.5 Å². The normalized spacial score (nSPS) is 18.9. The van der Waals surface area contributed by atoms with Gasteiger partial charge in [-0.3, -0.25) is 19.7 Å². The molecule has 2 unspecified atom stereocenters. The maximum absolute atomic E-state index is 13.0. The molecule has 0 saturated carbocycles. The van der Waals surface area contributed by atoms with Gasteiger partial charge in [0.2, 0.25) is 11.8 Å². The van der Waals surface area contributed by atoms with Crippen LogP contribution in [0.25, 0.3) is 0 Å². The van der Waals surface area contributed by atoms with Crippen LogP contribution in [-0.2, 0) is 28.4 Å². The second-order valence-electron chi connectivity index (χ2n) is 9.74. The van der Waals surface area contributed by atoms with E-state index in [-0.39, 0.29) is 30.4 Å². The zero-order valence-corrected chi connectivity index (χ0v) is 22.1. The van der Waals surface area contributed by atoms with Crippen LogP contribution >= 0.6 is 11.8 Å². The summed E-state index contributed by atoms with van der Waals surface area (Å²) in [5.41, 5.74) is 3.81. The molecule has 37 heavy (non-hydrogen) atoms. The van der Waals surface area contributed by atoms with Gasteiger partial charge in [0.05, 0.1) is 0 Å². The average molecular weight is 522 g/mol. The van der Waals surface area contributed by atoms with E-state index in [2.05, 4.69) is 48.4 Å². The Hall–Kier alpha value is -2.94. The predicted octanol–water partition coefficient (Wildman–Crippen LogP) is 3.94. The first-order valence-electron chi connectivity index (χ1n) is 12.8. The van der Waals surface area contributed by atoms with Gasteiger partial charge < -0.3 is 15.3 Å². The van der Waals surface area contributed by atoms with Crippen molar-refractivity contribution in [3.63, 3.8) is 0 Å². The summed E-state index contributed by atoms with van der Waals surface area (Å²) >= 11 is 1.68. The number of hydrogen-bond donors (Lipinski definition) is 3. The van der Waals surface area contributed by atoms with Crippen molar-refractivity contribution in [2.75, 3.05) is 6.61 Å². The Morgan fingerprint density at radius 3 is 2.62 bits per heavy atom. The van der Waals surface area contributed by atoms with E-state index in [1.807, 2.05) is 24.3 Å². The second kappa shape index (κ2) is 12.1. The lowest BCUT2D eigenvalue weighted by molar-refractivity contribution is -0.136. The van der Waals surface area contributed by atoms with Crippen molar-refractivity contribution < 1.29 is 19.5 Å². The number of thioether (sulfide) groups is 1. The van der Waals surface area contributed by atoms with Gasteiger partial charge >= 0.3 is 0 Å². The fourth-order valence-corrected chi connectivity index (χ4v) is 6.13. The number of carbonyl (C=O) groups is 3. The van der Waals surface area contributed by atoms with E-state index in [4.69, 9.17) is 0 Å². The number of rotatable bonds is 12. The van der Waals surface area contributed by atoms with Gasteiger partial charge in [0, 0.05) is 47.9 Å². The molecular formula is C29H35N3O4S. The molecule has 2 aliphatic heterocycles. The number of nitrogens with one attached hydrogen (secondary N) is 2. The molecule has 2 aromatic rings. The number of aliphatic hydroxyl groups excluding tert-OH is 1. The van der Waals surface area contributed by atoms with Gasteiger partial charge in [0.1, 0.15) is 6.04 Å². The summed E-state index contributed by atoms with van der Waals surface area (Å²) in [7, 11) is 0. The molecule has 0 radical (unpaired) electrons. The first-order valence-corrected chi connectivity index (χ1v) is 13.8. The quantitative estimate of drug-likeness (QED) is 0.222. The van der Waals surface area contributed by atoms with Crippen LogP contribution in [0.4, 0.5) is 0 Å². The van der Waals surface area contributed by atoms with Crippen LogP contribution in [0.1, 0.15) is 66.1 Å². The van der Waals surface area contributed by atoms with Crippen LogP contribution in [0.2, 0.25) is 0 Å². The van der Waals surface area contributed by atoms with Crippen molar-refractivity contribution >= 4 is 29.5 Å². The molecule has 0 aliphatic carbocycles. The van der Waals surface area contributed by atoms with E-state index in [0.717, 1.165) is 35.6 Å². The topological polar surface area (TPSA) is 98.7 Å². The van der Waals surface area contributed by atoms with Crippen LogP contribution in [0.3, 0.4) is 0 Å². The molecule has 7 nitrogen and oxygen atoms in total. The molecule has 3 amide bonds. The summed E-state index contributed by atoms with van der Waals surface area (Å²) in [6.07, 6.45) is 4.93. The van der Waals surface area contributed by atoms with Gasteiger partial charge in [-0.15, -0.1) is 18.3 Å². The highest BCUT2D eigenvalue weighted by molar-refractivity contribution is 7.98. The van der Waals surface area contributed by atoms with Crippen molar-refractivity contribution in [1.82, 2.24) is 15.5 Å². The predicted molar refractivity (Wildman–Crippen MR) is 145 cm³/mol. The molecule has 0 aromatic heterocycles. The Balaban J connectivity index is 1.38. The van der Waals surface area contributed by atoms with Crippen LogP contribution in [0.5, 0.6) is 0 Å². The van der Waals surface area contributed by atoms with Gasteiger partial charge in [-0.25, -0.2) is 0 Å². The number of benzene rings is 2. The number of nitrogens with zero attached hydrogens (tertiary/aromatic N) is 1. The number of fused-ring (bicyclic) bond motifs is 1. The van der Waals surface area contributed by atoms with E-state index in [1.54, 1.807) is 16.7 Å². The highest BCUT2D eigenvalue weighted by Crippen LogP contribution is 2.35. The Labute approximate surface area is 222 Å². The third kappa shape index (κ3) is 6.14. The SMILES string of the molecule is C=CCC(CC)(CCO)NCc1ccc(CSc2cccc3c2CN(C2CCC(=O)NC2=O)C3=O)cc1. The highest BCUT2D eigenvalue weighted by atomic mass is 32.2. The molecule has 2 atom stereocenters. The van der Waals surface area contributed by atoms with Gasteiger partial charge in [-0.1, -0.05) is 43.3 Å². The van der Waals surface area contributed by atoms with E-state index in [9.17, 15) is 19.5 Å². The van der Waals surface area contributed by atoms with Crippen LogP contribution in [-0.4, -0.2) is 45.9 Å². The maximum atomic E-state index is 13.0. The lowest BCUT2D eigenvalue weighted by atomic mass is 9.88. The molecule has 196 valence electrons. The van der Waals surface area contributed by atoms with E-state index in [1.165, 1.54) is 11.1 Å². The number of hydrogen-bond acceptors (Lipinski definition) is 6. The smallest absolute Gasteiger partial charge is 0.255 e. The summed E-state index contributed by atoms with van der Waals surface area (Å²) in [5, 5.41) is 15.5. The molecule has 0 spiro atoms. The van der Waals surface area contributed by atoms with E-state index < -0.39 is 11.9 Å². The Morgan fingerprint density at radius 1 is 1.19 bits per heavy atom. The lowest BCUT2D eigenvalue weighted by Gasteiger charge is -2.33. The van der Waals surface area contributed by atoms with Crippen molar-refractivity contribution in [3.8, 4) is 0 Å².